The molecule has 1 aliphatic rings. The molecule has 1 nitrogen and oxygen atoms in total. The van der Waals surface area contributed by atoms with Gasteiger partial charge in [0, 0.05) is 0 Å². The number of hydrogen-bond acceptors (Lipinski definition) is 1. The van der Waals surface area contributed by atoms with Crippen LogP contribution in [0.25, 0.3) is 11.1 Å². The second-order valence-corrected chi connectivity index (χ2v) is 5.77. The van der Waals surface area contributed by atoms with Gasteiger partial charge in [0.25, 0.3) is 0 Å². The first kappa shape index (κ1) is 14.1. The fourth-order valence-corrected chi connectivity index (χ4v) is 2.99. The lowest BCUT2D eigenvalue weighted by Gasteiger charge is -2.15. The molecule has 0 fully saturated rings. The molecule has 3 rings (SSSR count). The van der Waals surface area contributed by atoms with Gasteiger partial charge in [-0.15, -0.1) is 0 Å². The van der Waals surface area contributed by atoms with Crippen LogP contribution in [0.4, 0.5) is 0 Å². The van der Waals surface area contributed by atoms with Crippen LogP contribution in [0, 0.1) is 0 Å². The minimum Gasteiger partial charge on any atom is -0.384 e. The Kier molecular flexibility index (Phi) is 4.52. The molecule has 0 heterocycles. The van der Waals surface area contributed by atoms with E-state index in [4.69, 9.17) is 0 Å². The molecule has 0 aliphatic heterocycles. The highest BCUT2D eigenvalue weighted by molar-refractivity contribution is 5.63. The Bertz CT molecular complexity index is 595. The van der Waals surface area contributed by atoms with Crippen LogP contribution in [0.2, 0.25) is 0 Å². The monoisotopic (exact) mass is 278 g/mol. The molecule has 2 aromatic rings. The Morgan fingerprint density at radius 3 is 2.24 bits per heavy atom. The van der Waals surface area contributed by atoms with Gasteiger partial charge >= 0.3 is 0 Å². The number of hydrogen-bond donors (Lipinski definition) is 1. The highest BCUT2D eigenvalue weighted by Crippen LogP contribution is 2.30. The predicted molar refractivity (Wildman–Crippen MR) is 88.0 cm³/mol. The van der Waals surface area contributed by atoms with Crippen molar-refractivity contribution in [1.29, 1.82) is 0 Å². The second kappa shape index (κ2) is 6.73. The van der Waals surface area contributed by atoms with E-state index in [-0.39, 0.29) is 0 Å². The van der Waals surface area contributed by atoms with Gasteiger partial charge in [-0.2, -0.15) is 0 Å². The average molecular weight is 278 g/mol. The third kappa shape index (κ3) is 3.43. The number of rotatable bonds is 3. The summed E-state index contributed by atoms with van der Waals surface area (Å²) in [6.45, 7) is 0. The van der Waals surface area contributed by atoms with Crippen molar-refractivity contribution in [2.24, 2.45) is 0 Å². The van der Waals surface area contributed by atoms with E-state index in [0.29, 0.717) is 0 Å². The first-order chi connectivity index (χ1) is 10.3. The Hall–Kier alpha value is -1.86. The predicted octanol–water partition coefficient (Wildman–Crippen LogP) is 5.28. The second-order valence-electron chi connectivity index (χ2n) is 5.77. The van der Waals surface area contributed by atoms with Gasteiger partial charge in [-0.25, -0.2) is 0 Å². The zero-order valence-corrected chi connectivity index (χ0v) is 12.3. The summed E-state index contributed by atoms with van der Waals surface area (Å²) in [5, 5.41) is 10.6. The van der Waals surface area contributed by atoms with Gasteiger partial charge in [-0.3, -0.25) is 0 Å². The summed E-state index contributed by atoms with van der Waals surface area (Å²) in [5.41, 5.74) is 4.61. The summed E-state index contributed by atoms with van der Waals surface area (Å²) < 4.78 is 0. The molecule has 1 N–H and O–H groups in total. The van der Waals surface area contributed by atoms with E-state index in [0.717, 1.165) is 18.4 Å². The van der Waals surface area contributed by atoms with Crippen LogP contribution in [-0.2, 0) is 0 Å². The van der Waals surface area contributed by atoms with E-state index in [2.05, 4.69) is 54.6 Å². The third-order valence-corrected chi connectivity index (χ3v) is 4.26. The Morgan fingerprint density at radius 2 is 1.48 bits per heavy atom. The van der Waals surface area contributed by atoms with E-state index >= 15 is 0 Å². The lowest BCUT2D eigenvalue weighted by molar-refractivity contribution is 0.210. The fourth-order valence-electron chi connectivity index (χ4n) is 2.99. The first-order valence-corrected chi connectivity index (χ1v) is 7.87. The van der Waals surface area contributed by atoms with Crippen LogP contribution < -0.4 is 0 Å². The Morgan fingerprint density at radius 1 is 0.762 bits per heavy atom. The maximum Gasteiger partial charge on any atom is 0.100 e. The standard InChI is InChI=1S/C20H22O/c21-20(18-10-4-1-2-5-11-18)19-14-12-17(13-15-19)16-8-6-3-7-9-16/h3,6-10,12-15,20-21H,1-2,4-5,11H2. The maximum absolute atomic E-state index is 10.6. The van der Waals surface area contributed by atoms with E-state index in [1.807, 2.05) is 6.07 Å². The molecule has 108 valence electrons. The summed E-state index contributed by atoms with van der Waals surface area (Å²) in [5.74, 6) is 0. The van der Waals surface area contributed by atoms with E-state index < -0.39 is 6.10 Å². The van der Waals surface area contributed by atoms with Gasteiger partial charge < -0.3 is 5.11 Å². The van der Waals surface area contributed by atoms with E-state index in [1.54, 1.807) is 0 Å². The zero-order chi connectivity index (χ0) is 14.5. The van der Waals surface area contributed by atoms with Crippen molar-refractivity contribution in [1.82, 2.24) is 0 Å². The Labute approximate surface area is 127 Å². The molecule has 1 atom stereocenters. The zero-order valence-electron chi connectivity index (χ0n) is 12.3. The van der Waals surface area contributed by atoms with Crippen LogP contribution in [-0.4, -0.2) is 5.11 Å². The van der Waals surface area contributed by atoms with Crippen molar-refractivity contribution in [3.63, 3.8) is 0 Å². The summed E-state index contributed by atoms with van der Waals surface area (Å²) in [7, 11) is 0. The molecule has 2 aromatic carbocycles. The normalized spacial score (nSPS) is 16.9. The van der Waals surface area contributed by atoms with Gasteiger partial charge in [0.2, 0.25) is 0 Å². The summed E-state index contributed by atoms with van der Waals surface area (Å²) in [6, 6.07) is 18.7. The molecule has 0 spiro atoms. The fraction of sp³-hybridized carbons (Fsp3) is 0.300. The topological polar surface area (TPSA) is 20.2 Å². The molecule has 0 saturated heterocycles. The van der Waals surface area contributed by atoms with Gasteiger partial charge in [0.05, 0.1) is 0 Å². The molecular weight excluding hydrogens is 256 g/mol. The van der Waals surface area contributed by atoms with Crippen LogP contribution >= 0.6 is 0 Å². The number of allylic oxidation sites excluding steroid dienone is 1. The smallest absolute Gasteiger partial charge is 0.100 e. The van der Waals surface area contributed by atoms with Crippen molar-refractivity contribution in [3.8, 4) is 11.1 Å². The molecule has 0 aromatic heterocycles. The lowest BCUT2D eigenvalue weighted by Crippen LogP contribution is -2.01. The van der Waals surface area contributed by atoms with E-state index in [9.17, 15) is 5.11 Å². The van der Waals surface area contributed by atoms with Crippen molar-refractivity contribution in [3.05, 3.63) is 71.8 Å². The van der Waals surface area contributed by atoms with Crippen LogP contribution in [0.1, 0.15) is 43.8 Å². The molecular formula is C20H22O. The van der Waals surface area contributed by atoms with Crippen molar-refractivity contribution in [2.75, 3.05) is 0 Å². The third-order valence-electron chi connectivity index (χ3n) is 4.26. The quantitative estimate of drug-likeness (QED) is 0.757. The van der Waals surface area contributed by atoms with Crippen LogP contribution in [0.3, 0.4) is 0 Å². The molecule has 21 heavy (non-hydrogen) atoms. The molecule has 0 amide bonds. The van der Waals surface area contributed by atoms with Gasteiger partial charge in [-0.05, 0) is 47.9 Å². The number of benzene rings is 2. The first-order valence-electron chi connectivity index (χ1n) is 7.87. The maximum atomic E-state index is 10.6. The van der Waals surface area contributed by atoms with Crippen molar-refractivity contribution in [2.45, 2.75) is 38.2 Å². The van der Waals surface area contributed by atoms with E-state index in [1.165, 1.54) is 36.0 Å². The van der Waals surface area contributed by atoms with Gasteiger partial charge in [-0.1, -0.05) is 67.1 Å². The lowest BCUT2D eigenvalue weighted by atomic mass is 9.96. The molecule has 0 saturated carbocycles. The summed E-state index contributed by atoms with van der Waals surface area (Å²) in [4.78, 5) is 0. The van der Waals surface area contributed by atoms with Crippen LogP contribution in [0.15, 0.2) is 66.2 Å². The van der Waals surface area contributed by atoms with Crippen molar-refractivity contribution < 1.29 is 5.11 Å². The largest absolute Gasteiger partial charge is 0.384 e. The SMILES string of the molecule is OC(C1=CCCCCC1)c1ccc(-c2ccccc2)cc1. The number of aliphatic hydroxyl groups excluding tert-OH is 1. The molecule has 1 aliphatic carbocycles. The molecule has 0 bridgehead atoms. The summed E-state index contributed by atoms with van der Waals surface area (Å²) in [6.07, 6.45) is 7.67. The highest BCUT2D eigenvalue weighted by Gasteiger charge is 2.14. The molecule has 0 radical (unpaired) electrons. The van der Waals surface area contributed by atoms with Crippen LogP contribution in [0.5, 0.6) is 0 Å². The number of aliphatic hydroxyl groups is 1. The van der Waals surface area contributed by atoms with Crippen molar-refractivity contribution >= 4 is 0 Å². The highest BCUT2D eigenvalue weighted by atomic mass is 16.3. The Balaban J connectivity index is 1.79. The minimum absolute atomic E-state index is 0.437. The molecule has 1 unspecified atom stereocenters. The van der Waals surface area contributed by atoms with Gasteiger partial charge in [0.1, 0.15) is 6.10 Å². The average Bonchev–Trinajstić information content (AvgIpc) is 2.84. The minimum atomic E-state index is -0.437. The summed E-state index contributed by atoms with van der Waals surface area (Å²) >= 11 is 0. The van der Waals surface area contributed by atoms with Gasteiger partial charge in [0.15, 0.2) is 0 Å². The molecule has 1 heteroatoms.